The van der Waals surface area contributed by atoms with Crippen molar-refractivity contribution in [1.29, 1.82) is 0 Å². The van der Waals surface area contributed by atoms with Crippen molar-refractivity contribution in [2.45, 2.75) is 45.5 Å². The number of halogens is 1. The van der Waals surface area contributed by atoms with Gasteiger partial charge in [0.05, 0.1) is 5.69 Å². The highest BCUT2D eigenvalue weighted by atomic mass is 79.9. The molecular weight excluding hydrogens is 488 g/mol. The number of ether oxygens (including phenoxy) is 1. The maximum absolute atomic E-state index is 12.8. The van der Waals surface area contributed by atoms with Crippen LogP contribution in [0.1, 0.15) is 44.5 Å². The molecule has 3 aromatic rings. The van der Waals surface area contributed by atoms with Crippen molar-refractivity contribution in [3.8, 4) is 17.1 Å². The maximum atomic E-state index is 12.8. The van der Waals surface area contributed by atoms with Crippen LogP contribution in [0.2, 0.25) is 0 Å². The van der Waals surface area contributed by atoms with E-state index in [1.807, 2.05) is 49.4 Å². The van der Waals surface area contributed by atoms with Crippen LogP contribution in [0.5, 0.6) is 5.88 Å². The van der Waals surface area contributed by atoms with E-state index in [2.05, 4.69) is 40.0 Å². The quantitative estimate of drug-likeness (QED) is 0.379. The van der Waals surface area contributed by atoms with E-state index in [1.54, 1.807) is 23.6 Å². The lowest BCUT2D eigenvalue weighted by Crippen LogP contribution is -2.36. The predicted molar refractivity (Wildman–Crippen MR) is 131 cm³/mol. The fourth-order valence-electron chi connectivity index (χ4n) is 3.51. The van der Waals surface area contributed by atoms with Crippen LogP contribution in [-0.4, -0.2) is 26.8 Å². The van der Waals surface area contributed by atoms with Gasteiger partial charge in [0.2, 0.25) is 23.2 Å². The van der Waals surface area contributed by atoms with E-state index >= 15 is 0 Å². The van der Waals surface area contributed by atoms with E-state index in [-0.39, 0.29) is 5.91 Å². The molecule has 2 aromatic carbocycles. The normalized spacial score (nSPS) is 15.1. The summed E-state index contributed by atoms with van der Waals surface area (Å²) < 4.78 is 7.36. The number of amides is 1. The van der Waals surface area contributed by atoms with Crippen LogP contribution in [0.4, 0.5) is 5.69 Å². The van der Waals surface area contributed by atoms with Crippen molar-refractivity contribution in [2.75, 3.05) is 10.7 Å². The number of anilines is 1. The first-order chi connectivity index (χ1) is 15.3. The summed E-state index contributed by atoms with van der Waals surface area (Å²) in [5.74, 6) is 1.77. The van der Waals surface area contributed by atoms with Gasteiger partial charge in [0.25, 0.3) is 0 Å². The summed E-state index contributed by atoms with van der Waals surface area (Å²) in [7, 11) is 0. The Hall–Kier alpha value is -2.45. The number of carbonyl (C=O) groups excluding carboxylic acids is 1. The van der Waals surface area contributed by atoms with E-state index in [0.29, 0.717) is 22.6 Å². The Bertz CT molecular complexity index is 1140. The zero-order chi connectivity index (χ0) is 22.8. The fraction of sp³-hybridized carbons (Fsp3) is 0.333. The molecule has 0 bridgehead atoms. The number of aryl methyl sites for hydroxylation is 1. The molecule has 0 spiro atoms. The average molecular weight is 513 g/mol. The van der Waals surface area contributed by atoms with E-state index in [9.17, 15) is 4.79 Å². The SMILES string of the molecule is CC(=O)N1c2ccc(C)cc2-c2nnc(SCCC(C)C)nc2O[C@H]1c1ccc(Br)cc1. The molecular formula is C24H25BrN4O2S. The number of benzene rings is 2. The molecule has 2 heterocycles. The van der Waals surface area contributed by atoms with Gasteiger partial charge in [0, 0.05) is 28.3 Å². The molecule has 0 N–H and O–H groups in total. The first-order valence-corrected chi connectivity index (χ1v) is 12.3. The van der Waals surface area contributed by atoms with Crippen LogP contribution in [0.3, 0.4) is 0 Å². The lowest BCUT2D eigenvalue weighted by atomic mass is 10.0. The summed E-state index contributed by atoms with van der Waals surface area (Å²) in [5.41, 5.74) is 3.95. The zero-order valence-corrected chi connectivity index (χ0v) is 20.9. The summed E-state index contributed by atoms with van der Waals surface area (Å²) in [5, 5.41) is 9.42. The van der Waals surface area contributed by atoms with Gasteiger partial charge in [-0.3, -0.25) is 9.69 Å². The molecule has 1 amide bonds. The number of rotatable bonds is 5. The van der Waals surface area contributed by atoms with Crippen LogP contribution < -0.4 is 9.64 Å². The van der Waals surface area contributed by atoms with Gasteiger partial charge in [0.15, 0.2) is 5.69 Å². The van der Waals surface area contributed by atoms with Crippen molar-refractivity contribution >= 4 is 39.3 Å². The number of hydrogen-bond acceptors (Lipinski definition) is 6. The van der Waals surface area contributed by atoms with Gasteiger partial charge < -0.3 is 4.74 Å². The van der Waals surface area contributed by atoms with E-state index in [1.165, 1.54) is 0 Å². The molecule has 0 aliphatic carbocycles. The highest BCUT2D eigenvalue weighted by Crippen LogP contribution is 2.44. The van der Waals surface area contributed by atoms with Crippen LogP contribution in [-0.2, 0) is 4.79 Å². The van der Waals surface area contributed by atoms with Gasteiger partial charge in [-0.25, -0.2) is 0 Å². The molecule has 0 saturated heterocycles. The molecule has 4 rings (SSSR count). The number of fused-ring (bicyclic) bond motifs is 3. The van der Waals surface area contributed by atoms with Gasteiger partial charge in [0.1, 0.15) is 0 Å². The van der Waals surface area contributed by atoms with E-state index < -0.39 is 6.23 Å². The minimum atomic E-state index is -0.673. The highest BCUT2D eigenvalue weighted by molar-refractivity contribution is 9.10. The molecule has 1 atom stereocenters. The first kappa shape index (κ1) is 22.7. The lowest BCUT2D eigenvalue weighted by molar-refractivity contribution is -0.118. The van der Waals surface area contributed by atoms with Crippen molar-refractivity contribution in [3.05, 3.63) is 58.1 Å². The minimum Gasteiger partial charge on any atom is -0.447 e. The van der Waals surface area contributed by atoms with Crippen LogP contribution in [0.15, 0.2) is 52.1 Å². The first-order valence-electron chi connectivity index (χ1n) is 10.5. The molecule has 0 radical (unpaired) electrons. The Labute approximate surface area is 200 Å². The van der Waals surface area contributed by atoms with Crippen molar-refractivity contribution in [3.63, 3.8) is 0 Å². The van der Waals surface area contributed by atoms with Gasteiger partial charge >= 0.3 is 0 Å². The number of aromatic nitrogens is 3. The van der Waals surface area contributed by atoms with Crippen molar-refractivity contribution in [1.82, 2.24) is 15.2 Å². The average Bonchev–Trinajstić information content (AvgIpc) is 2.88. The molecule has 8 heteroatoms. The second-order valence-electron chi connectivity index (χ2n) is 8.21. The second kappa shape index (κ2) is 9.58. The van der Waals surface area contributed by atoms with Gasteiger partial charge in [-0.2, -0.15) is 4.98 Å². The third-order valence-corrected chi connectivity index (χ3v) is 6.58. The monoisotopic (exact) mass is 512 g/mol. The van der Waals surface area contributed by atoms with E-state index in [4.69, 9.17) is 9.72 Å². The van der Waals surface area contributed by atoms with Crippen LogP contribution in [0.25, 0.3) is 11.3 Å². The smallest absolute Gasteiger partial charge is 0.247 e. The molecule has 1 aromatic heterocycles. The molecule has 1 aliphatic heterocycles. The topological polar surface area (TPSA) is 68.2 Å². The third kappa shape index (κ3) is 4.81. The van der Waals surface area contributed by atoms with E-state index in [0.717, 1.165) is 39.0 Å². The standard InChI is InChI=1S/C24H25BrN4O2S/c1-14(2)11-12-32-24-26-22-21(27-28-24)19-13-15(3)5-10-20(19)29(16(4)30)23(31-22)17-6-8-18(25)9-7-17/h5-10,13-14,23H,11-12H2,1-4H3/t23-/m0/s1. The van der Waals surface area contributed by atoms with Crippen LogP contribution in [0, 0.1) is 12.8 Å². The summed E-state index contributed by atoms with van der Waals surface area (Å²) >= 11 is 5.04. The van der Waals surface area contributed by atoms with Gasteiger partial charge in [-0.1, -0.05) is 65.3 Å². The maximum Gasteiger partial charge on any atom is 0.247 e. The molecule has 166 valence electrons. The number of carbonyl (C=O) groups is 1. The Morgan fingerprint density at radius 2 is 1.94 bits per heavy atom. The highest BCUT2D eigenvalue weighted by Gasteiger charge is 2.34. The van der Waals surface area contributed by atoms with Crippen LogP contribution >= 0.6 is 27.7 Å². The summed E-state index contributed by atoms with van der Waals surface area (Å²) in [4.78, 5) is 19.2. The second-order valence-corrected chi connectivity index (χ2v) is 10.2. The minimum absolute atomic E-state index is 0.129. The molecule has 0 fully saturated rings. The Balaban J connectivity index is 1.84. The zero-order valence-electron chi connectivity index (χ0n) is 18.5. The van der Waals surface area contributed by atoms with Gasteiger partial charge in [-0.05, 0) is 43.5 Å². The fourth-order valence-corrected chi connectivity index (χ4v) is 4.79. The molecule has 6 nitrogen and oxygen atoms in total. The van der Waals surface area contributed by atoms with Crippen molar-refractivity contribution in [2.24, 2.45) is 5.92 Å². The summed E-state index contributed by atoms with van der Waals surface area (Å²) in [6.45, 7) is 7.94. The summed E-state index contributed by atoms with van der Waals surface area (Å²) in [6, 6.07) is 13.7. The molecule has 0 saturated carbocycles. The summed E-state index contributed by atoms with van der Waals surface area (Å²) in [6.07, 6.45) is 0.390. The van der Waals surface area contributed by atoms with Gasteiger partial charge in [-0.15, -0.1) is 10.2 Å². The number of nitrogens with zero attached hydrogens (tertiary/aromatic N) is 4. The predicted octanol–water partition coefficient (Wildman–Crippen LogP) is 6.19. The lowest BCUT2D eigenvalue weighted by Gasteiger charge is -2.30. The largest absolute Gasteiger partial charge is 0.447 e. The Morgan fingerprint density at radius 1 is 1.19 bits per heavy atom. The Kier molecular flexibility index (Phi) is 6.81. The Morgan fingerprint density at radius 3 is 2.62 bits per heavy atom. The number of hydrogen-bond donors (Lipinski definition) is 0. The molecule has 32 heavy (non-hydrogen) atoms. The number of thioether (sulfide) groups is 1. The molecule has 1 aliphatic rings. The third-order valence-electron chi connectivity index (χ3n) is 5.18. The van der Waals surface area contributed by atoms with Crippen molar-refractivity contribution < 1.29 is 9.53 Å². The molecule has 0 unspecified atom stereocenters.